The summed E-state index contributed by atoms with van der Waals surface area (Å²) in [6, 6.07) is 0. The molecule has 0 spiro atoms. The van der Waals surface area contributed by atoms with Crippen LogP contribution in [0.3, 0.4) is 0 Å². The second-order valence-corrected chi connectivity index (χ2v) is 1.05. The van der Waals surface area contributed by atoms with Gasteiger partial charge < -0.3 is 23.4 Å². The van der Waals surface area contributed by atoms with Gasteiger partial charge in [-0.3, -0.25) is 0 Å². The zero-order valence-corrected chi connectivity index (χ0v) is 7.22. The first-order chi connectivity index (χ1) is 2.27. The van der Waals surface area contributed by atoms with Gasteiger partial charge in [0.25, 0.3) is 0 Å². The van der Waals surface area contributed by atoms with Crippen molar-refractivity contribution < 1.29 is 37.7 Å². The summed E-state index contributed by atoms with van der Waals surface area (Å²) in [5.74, 6) is 0. The van der Waals surface area contributed by atoms with Crippen LogP contribution in [0.1, 0.15) is 0 Å². The molecule has 0 heterocycles. The molecular formula is C2H6N2SY. The maximum absolute atomic E-state index is 4.91. The van der Waals surface area contributed by atoms with E-state index in [-0.39, 0.29) is 32.7 Å². The molecule has 0 aromatic rings. The van der Waals surface area contributed by atoms with E-state index in [9.17, 15) is 0 Å². The van der Waals surface area contributed by atoms with Crippen LogP contribution >= 0.6 is 0 Å². The number of hydrogen-bond donors (Lipinski definition) is 2. The van der Waals surface area contributed by atoms with Crippen LogP contribution in [0, 0.1) is 0 Å². The molecule has 0 aromatic heterocycles. The number of amidine groups is 1. The summed E-state index contributed by atoms with van der Waals surface area (Å²) in [4.78, 5) is 2.54. The molecule has 1 radical (unpaired) electrons. The van der Waals surface area contributed by atoms with Crippen molar-refractivity contribution in [1.29, 1.82) is 0 Å². The first-order valence-corrected chi connectivity index (χ1v) is 1.65. The van der Waals surface area contributed by atoms with Crippen LogP contribution in [0.5, 0.6) is 0 Å². The molecule has 0 aromatic carbocycles. The van der Waals surface area contributed by atoms with Crippen LogP contribution < -0.4 is 10.7 Å². The zero-order chi connectivity index (χ0) is 4.28. The predicted octanol–water partition coefficient (Wildman–Crippen LogP) is -2.44. The van der Waals surface area contributed by atoms with Crippen molar-refractivity contribution in [2.75, 3.05) is 7.05 Å². The molecule has 0 saturated heterocycles. The molecule has 0 atom stereocenters. The molecule has 0 unspecified atom stereocenters. The van der Waals surface area contributed by atoms with Crippen molar-refractivity contribution in [2.45, 2.75) is 0 Å². The van der Waals surface area contributed by atoms with Gasteiger partial charge in [0.2, 0.25) is 0 Å². The Labute approximate surface area is 67.9 Å². The number of rotatable bonds is 0. The Hall–Kier alpha value is 0.794. The summed E-state index contributed by atoms with van der Waals surface area (Å²) in [6.45, 7) is 0. The standard InChI is InChI=1S/C2H6N2S.Y/c1-4-2(3)5;/h1H3,(H3,3,4,5);. The molecule has 0 amide bonds. The van der Waals surface area contributed by atoms with Gasteiger partial charge in [0, 0.05) is 32.7 Å². The Morgan fingerprint density at radius 2 is 2.00 bits per heavy atom. The predicted molar refractivity (Wildman–Crippen MR) is 23.4 cm³/mol. The maximum Gasteiger partial charge on any atom is 0.119 e. The van der Waals surface area contributed by atoms with Gasteiger partial charge in [-0.15, -0.1) is 0 Å². The van der Waals surface area contributed by atoms with Crippen molar-refractivity contribution in [2.24, 2.45) is 5.73 Å². The fourth-order valence-corrected chi connectivity index (χ4v) is 0. The van der Waals surface area contributed by atoms with Gasteiger partial charge in [-0.2, -0.15) is 0 Å². The fraction of sp³-hybridized carbons (Fsp3) is 0.500. The Balaban J connectivity index is 0. The minimum atomic E-state index is 0. The number of hydrogen-bond acceptors (Lipinski definition) is 1. The average Bonchev–Trinajstić information content (AvgIpc) is 1.38. The first-order valence-electron chi connectivity index (χ1n) is 1.24. The monoisotopic (exact) mass is 179 g/mol. The normalized spacial score (nSPS) is 9.83. The van der Waals surface area contributed by atoms with Gasteiger partial charge in [0.05, 0.1) is 7.05 Å². The third-order valence-electron chi connectivity index (χ3n) is 0.246. The molecule has 0 rings (SSSR count). The molecule has 0 saturated carbocycles. The van der Waals surface area contributed by atoms with E-state index in [1.165, 1.54) is 0 Å². The summed E-state index contributed by atoms with van der Waals surface area (Å²) in [7, 11) is 1.68. The van der Waals surface area contributed by atoms with Crippen molar-refractivity contribution in [3.05, 3.63) is 0 Å². The summed E-state index contributed by atoms with van der Waals surface area (Å²) in [5, 5.41) is 0.338. The van der Waals surface area contributed by atoms with Gasteiger partial charge in [0.15, 0.2) is 0 Å². The van der Waals surface area contributed by atoms with Gasteiger partial charge in [-0.05, 0) is 0 Å². The Bertz CT molecular complexity index is 49.5. The van der Waals surface area contributed by atoms with Crippen LogP contribution in [0.25, 0.3) is 0 Å². The molecule has 0 bridgehead atoms. The number of nitrogens with two attached hydrogens (primary N) is 1. The summed E-state index contributed by atoms with van der Waals surface area (Å²) in [5.41, 5.74) is 4.91. The van der Waals surface area contributed by atoms with E-state index in [0.717, 1.165) is 0 Å². The zero-order valence-electron chi connectivity index (χ0n) is 3.56. The third kappa shape index (κ3) is 8.84. The molecule has 0 aliphatic heterocycles. The summed E-state index contributed by atoms with van der Waals surface area (Å²) in [6.07, 6.45) is 0. The van der Waals surface area contributed by atoms with E-state index in [4.69, 9.17) is 5.73 Å². The van der Waals surface area contributed by atoms with Crippen LogP contribution in [-0.4, -0.2) is 12.2 Å². The van der Waals surface area contributed by atoms with E-state index < -0.39 is 0 Å². The van der Waals surface area contributed by atoms with E-state index in [1.807, 2.05) is 0 Å². The van der Waals surface area contributed by atoms with Gasteiger partial charge in [-0.1, -0.05) is 0 Å². The van der Waals surface area contributed by atoms with E-state index in [2.05, 4.69) is 17.6 Å². The third-order valence-corrected chi connectivity index (χ3v) is 0.451. The van der Waals surface area contributed by atoms with Crippen LogP contribution in [-0.2, 0) is 45.3 Å². The fourth-order valence-electron chi connectivity index (χ4n) is 0. The second-order valence-electron chi connectivity index (χ2n) is 0.614. The van der Waals surface area contributed by atoms with Gasteiger partial charge in [0.1, 0.15) is 5.17 Å². The van der Waals surface area contributed by atoms with Crippen molar-refractivity contribution in [1.82, 2.24) is 0 Å². The van der Waals surface area contributed by atoms with Crippen molar-refractivity contribution in [3.8, 4) is 0 Å². The van der Waals surface area contributed by atoms with Gasteiger partial charge in [-0.25, -0.2) is 0 Å². The Morgan fingerprint density at radius 3 is 2.00 bits per heavy atom. The second kappa shape index (κ2) is 5.79. The summed E-state index contributed by atoms with van der Waals surface area (Å²) < 4.78 is 0. The Kier molecular flexibility index (Phi) is 9.58. The average molecular weight is 179 g/mol. The largest absolute Gasteiger partial charge is 0.693 e. The molecular weight excluding hydrogens is 173 g/mol. The Morgan fingerprint density at radius 1 is 1.83 bits per heavy atom. The SMILES string of the molecule is C[NH+]=C(N)[S-].[Y]. The van der Waals surface area contributed by atoms with Gasteiger partial charge >= 0.3 is 0 Å². The molecule has 6 heavy (non-hydrogen) atoms. The maximum atomic E-state index is 4.91. The molecule has 0 fully saturated rings. The molecule has 2 nitrogen and oxygen atoms in total. The molecule has 3 N–H and O–H groups in total. The van der Waals surface area contributed by atoms with E-state index >= 15 is 0 Å². The number of nitrogens with one attached hydrogen (secondary N) is 1. The van der Waals surface area contributed by atoms with Crippen molar-refractivity contribution in [3.63, 3.8) is 0 Å². The first kappa shape index (κ1) is 9.92. The summed E-state index contributed by atoms with van der Waals surface area (Å²) >= 11 is 4.36. The van der Waals surface area contributed by atoms with Crippen LogP contribution in [0.2, 0.25) is 0 Å². The molecule has 0 aliphatic rings. The minimum absolute atomic E-state index is 0. The molecule has 0 aliphatic carbocycles. The van der Waals surface area contributed by atoms with Crippen LogP contribution in [0.15, 0.2) is 0 Å². The van der Waals surface area contributed by atoms with E-state index in [1.54, 1.807) is 7.05 Å². The minimum Gasteiger partial charge on any atom is -0.693 e. The smallest absolute Gasteiger partial charge is 0.119 e. The molecule has 33 valence electrons. The quantitative estimate of drug-likeness (QED) is 0.246. The topological polar surface area (TPSA) is 40.0 Å². The van der Waals surface area contributed by atoms with E-state index in [0.29, 0.717) is 5.17 Å². The van der Waals surface area contributed by atoms with Crippen molar-refractivity contribution >= 4 is 17.8 Å². The van der Waals surface area contributed by atoms with Crippen LogP contribution in [0.4, 0.5) is 0 Å². The molecule has 4 heteroatoms.